The minimum atomic E-state index is -4.12. The van der Waals surface area contributed by atoms with Gasteiger partial charge in [0.25, 0.3) is 10.0 Å². The van der Waals surface area contributed by atoms with Crippen LogP contribution in [0.25, 0.3) is 0 Å². The number of anilines is 1. The normalized spacial score (nSPS) is 13.6. The Bertz CT molecular complexity index is 1300. The fourth-order valence-corrected chi connectivity index (χ4v) is 5.41. The van der Waals surface area contributed by atoms with Gasteiger partial charge in [-0.05, 0) is 53.9 Å². The molecule has 4 rings (SSSR count). The average molecular weight is 496 g/mol. The third-order valence-corrected chi connectivity index (χ3v) is 7.65. The van der Waals surface area contributed by atoms with Crippen LogP contribution in [0.1, 0.15) is 24.0 Å². The minimum absolute atomic E-state index is 0.115. The largest absolute Gasteiger partial charge is 0.350 e. The molecule has 0 radical (unpaired) electrons. The summed E-state index contributed by atoms with van der Waals surface area (Å²) in [6.07, 6.45) is 1.40. The van der Waals surface area contributed by atoms with E-state index in [1.54, 1.807) is 35.2 Å². The Kier molecular flexibility index (Phi) is 7.45. The Balaban J connectivity index is 1.50. The second-order valence-corrected chi connectivity index (χ2v) is 10.1. The van der Waals surface area contributed by atoms with Gasteiger partial charge in [-0.25, -0.2) is 12.8 Å². The van der Waals surface area contributed by atoms with Gasteiger partial charge in [0.05, 0.1) is 10.6 Å². The van der Waals surface area contributed by atoms with Gasteiger partial charge in [0, 0.05) is 26.1 Å². The van der Waals surface area contributed by atoms with E-state index in [1.165, 1.54) is 12.1 Å². The van der Waals surface area contributed by atoms with Crippen LogP contribution in [0.5, 0.6) is 0 Å². The van der Waals surface area contributed by atoms with Gasteiger partial charge in [0.15, 0.2) is 0 Å². The van der Waals surface area contributed by atoms with Crippen molar-refractivity contribution in [1.82, 2.24) is 10.2 Å². The Hall–Kier alpha value is -3.72. The molecule has 0 atom stereocenters. The van der Waals surface area contributed by atoms with Crippen LogP contribution in [-0.2, 0) is 32.7 Å². The monoisotopic (exact) mass is 495 g/mol. The number of rotatable bonds is 9. The van der Waals surface area contributed by atoms with Gasteiger partial charge in [0.2, 0.25) is 11.8 Å². The summed E-state index contributed by atoms with van der Waals surface area (Å²) in [5.74, 6) is -0.929. The molecule has 0 spiro atoms. The molecule has 1 fully saturated rings. The summed E-state index contributed by atoms with van der Waals surface area (Å²) in [6.45, 7) is 0.930. The van der Waals surface area contributed by atoms with Crippen molar-refractivity contribution in [3.05, 3.63) is 95.8 Å². The number of halogens is 1. The van der Waals surface area contributed by atoms with Crippen LogP contribution in [0.15, 0.2) is 83.8 Å². The zero-order chi connectivity index (χ0) is 24.8. The number of hydrogen-bond donors (Lipinski definition) is 1. The van der Waals surface area contributed by atoms with E-state index in [0.717, 1.165) is 34.0 Å². The summed E-state index contributed by atoms with van der Waals surface area (Å²) in [7, 11) is -4.12. The van der Waals surface area contributed by atoms with Crippen LogP contribution in [0, 0.1) is 5.82 Å². The highest BCUT2D eigenvalue weighted by molar-refractivity contribution is 7.92. The number of nitrogens with one attached hydrogen (secondary N) is 1. The minimum Gasteiger partial charge on any atom is -0.350 e. The molecule has 1 aliphatic heterocycles. The van der Waals surface area contributed by atoms with Gasteiger partial charge in [-0.15, -0.1) is 0 Å². The SMILES string of the molecule is O=C(CN(c1ccccc1)S(=O)(=O)c1ccc(F)cc1)NCc1ccccc1CN1CCCC1=O. The van der Waals surface area contributed by atoms with Gasteiger partial charge in [-0.3, -0.25) is 13.9 Å². The number of nitrogens with zero attached hydrogens (tertiary/aromatic N) is 2. The topological polar surface area (TPSA) is 86.8 Å². The molecule has 1 N–H and O–H groups in total. The summed E-state index contributed by atoms with van der Waals surface area (Å²) in [4.78, 5) is 26.6. The second kappa shape index (κ2) is 10.7. The quantitative estimate of drug-likeness (QED) is 0.493. The highest BCUT2D eigenvalue weighted by Gasteiger charge is 2.27. The summed E-state index contributed by atoms with van der Waals surface area (Å²) < 4.78 is 41.0. The van der Waals surface area contributed by atoms with E-state index in [4.69, 9.17) is 0 Å². The lowest BCUT2D eigenvalue weighted by Gasteiger charge is -2.24. The van der Waals surface area contributed by atoms with Gasteiger partial charge >= 0.3 is 0 Å². The van der Waals surface area contributed by atoms with Crippen molar-refractivity contribution >= 4 is 27.5 Å². The molecule has 1 heterocycles. The molecule has 1 aliphatic rings. The van der Waals surface area contributed by atoms with Crippen molar-refractivity contribution < 1.29 is 22.4 Å². The molecule has 0 bridgehead atoms. The summed E-state index contributed by atoms with van der Waals surface area (Å²) >= 11 is 0. The van der Waals surface area contributed by atoms with Crippen LogP contribution in [0.4, 0.5) is 10.1 Å². The molecule has 2 amide bonds. The average Bonchev–Trinajstić information content (AvgIpc) is 3.27. The van der Waals surface area contributed by atoms with Gasteiger partial charge in [-0.2, -0.15) is 0 Å². The lowest BCUT2D eigenvalue weighted by atomic mass is 10.1. The number of sulfonamides is 1. The molecule has 182 valence electrons. The third-order valence-electron chi connectivity index (χ3n) is 5.86. The molecule has 0 aromatic heterocycles. The number of benzene rings is 3. The molecule has 0 aliphatic carbocycles. The van der Waals surface area contributed by atoms with Crippen molar-refractivity contribution in [2.24, 2.45) is 0 Å². The number of carbonyl (C=O) groups excluding carboxylic acids is 2. The standard InChI is InChI=1S/C26H26FN3O4S/c27-22-12-14-24(15-13-22)35(33,34)30(23-9-2-1-3-10-23)19-25(31)28-17-20-7-4-5-8-21(20)18-29-16-6-11-26(29)32/h1-5,7-10,12-15H,6,11,16-19H2,(H,28,31). The van der Waals surface area contributed by atoms with Gasteiger partial charge < -0.3 is 10.2 Å². The Morgan fingerprint density at radius 1 is 0.943 bits per heavy atom. The molecule has 0 unspecified atom stereocenters. The van der Waals surface area contributed by atoms with Crippen LogP contribution in [0.3, 0.4) is 0 Å². The molecule has 3 aromatic rings. The van der Waals surface area contributed by atoms with E-state index in [0.29, 0.717) is 25.2 Å². The van der Waals surface area contributed by atoms with Crippen LogP contribution in [-0.4, -0.2) is 38.2 Å². The number of amides is 2. The smallest absolute Gasteiger partial charge is 0.264 e. The van der Waals surface area contributed by atoms with E-state index in [-0.39, 0.29) is 17.3 Å². The molecule has 3 aromatic carbocycles. The Labute approximate surface area is 204 Å². The highest BCUT2D eigenvalue weighted by atomic mass is 32.2. The van der Waals surface area contributed by atoms with Crippen molar-refractivity contribution in [3.63, 3.8) is 0 Å². The van der Waals surface area contributed by atoms with E-state index in [9.17, 15) is 22.4 Å². The lowest BCUT2D eigenvalue weighted by Crippen LogP contribution is -2.40. The van der Waals surface area contributed by atoms with E-state index in [2.05, 4.69) is 5.32 Å². The second-order valence-electron chi connectivity index (χ2n) is 8.27. The molecule has 9 heteroatoms. The fraction of sp³-hybridized carbons (Fsp3) is 0.231. The van der Waals surface area contributed by atoms with E-state index in [1.807, 2.05) is 24.3 Å². The van der Waals surface area contributed by atoms with Crippen LogP contribution < -0.4 is 9.62 Å². The van der Waals surface area contributed by atoms with E-state index < -0.39 is 28.3 Å². The van der Waals surface area contributed by atoms with Gasteiger partial charge in [0.1, 0.15) is 12.4 Å². The van der Waals surface area contributed by atoms with Crippen molar-refractivity contribution in [2.75, 3.05) is 17.4 Å². The predicted octanol–water partition coefficient (Wildman–Crippen LogP) is 3.46. The number of carbonyl (C=O) groups is 2. The van der Waals surface area contributed by atoms with Crippen LogP contribution in [0.2, 0.25) is 0 Å². The lowest BCUT2D eigenvalue weighted by molar-refractivity contribution is -0.128. The Morgan fingerprint density at radius 2 is 1.60 bits per heavy atom. The molecule has 0 saturated carbocycles. The maximum absolute atomic E-state index is 13.4. The fourth-order valence-electron chi connectivity index (χ4n) is 3.98. The highest BCUT2D eigenvalue weighted by Crippen LogP contribution is 2.24. The summed E-state index contributed by atoms with van der Waals surface area (Å²) in [5.41, 5.74) is 2.11. The third kappa shape index (κ3) is 5.86. The zero-order valence-corrected chi connectivity index (χ0v) is 19.9. The van der Waals surface area contributed by atoms with Crippen molar-refractivity contribution in [3.8, 4) is 0 Å². The predicted molar refractivity (Wildman–Crippen MR) is 130 cm³/mol. The maximum Gasteiger partial charge on any atom is 0.264 e. The molecular weight excluding hydrogens is 469 g/mol. The maximum atomic E-state index is 13.4. The van der Waals surface area contributed by atoms with Crippen molar-refractivity contribution in [1.29, 1.82) is 0 Å². The molecule has 35 heavy (non-hydrogen) atoms. The first kappa shape index (κ1) is 24.4. The van der Waals surface area contributed by atoms with Crippen molar-refractivity contribution in [2.45, 2.75) is 30.8 Å². The summed E-state index contributed by atoms with van der Waals surface area (Å²) in [5, 5.41) is 2.80. The van der Waals surface area contributed by atoms with Crippen LogP contribution >= 0.6 is 0 Å². The molecule has 7 nitrogen and oxygen atoms in total. The number of hydrogen-bond acceptors (Lipinski definition) is 4. The first-order valence-corrected chi connectivity index (χ1v) is 12.7. The van der Waals surface area contributed by atoms with Gasteiger partial charge in [-0.1, -0.05) is 42.5 Å². The first-order chi connectivity index (χ1) is 16.8. The summed E-state index contributed by atoms with van der Waals surface area (Å²) in [6, 6.07) is 20.3. The molecule has 1 saturated heterocycles. The zero-order valence-electron chi connectivity index (χ0n) is 19.1. The Morgan fingerprint density at radius 3 is 2.26 bits per heavy atom. The van der Waals surface area contributed by atoms with E-state index >= 15 is 0 Å². The number of likely N-dealkylation sites (tertiary alicyclic amines) is 1. The molecular formula is C26H26FN3O4S. The number of para-hydroxylation sites is 1. The first-order valence-electron chi connectivity index (χ1n) is 11.3.